The van der Waals surface area contributed by atoms with Gasteiger partial charge in [-0.15, -0.1) is 0 Å². The number of hydrogen-bond donors (Lipinski definition) is 1. The number of rotatable bonds is 1. The van der Waals surface area contributed by atoms with Gasteiger partial charge < -0.3 is 10.6 Å². The fourth-order valence-corrected chi connectivity index (χ4v) is 3.89. The van der Waals surface area contributed by atoms with Crippen LogP contribution in [0, 0.1) is 0 Å². The molecule has 1 aliphatic heterocycles. The van der Waals surface area contributed by atoms with E-state index in [1.165, 1.54) is 5.56 Å². The van der Waals surface area contributed by atoms with E-state index in [1.807, 2.05) is 24.3 Å². The lowest BCUT2D eigenvalue weighted by Gasteiger charge is -2.21. The number of benzene rings is 2. The van der Waals surface area contributed by atoms with Crippen molar-refractivity contribution in [3.63, 3.8) is 0 Å². The Morgan fingerprint density at radius 2 is 1.79 bits per heavy atom. The van der Waals surface area contributed by atoms with E-state index in [0.717, 1.165) is 34.5 Å². The van der Waals surface area contributed by atoms with Crippen molar-refractivity contribution in [2.24, 2.45) is 0 Å². The fraction of sp³-hybridized carbons (Fsp3) is 0.143. The number of halogens is 3. The molecule has 0 atom stereocenters. The zero-order chi connectivity index (χ0) is 13.6. The van der Waals surface area contributed by atoms with Gasteiger partial charge in [-0.3, -0.25) is 0 Å². The number of nitrogen functional groups attached to an aromatic ring is 1. The normalized spacial score (nSPS) is 13.7. The van der Waals surface area contributed by atoms with Crippen molar-refractivity contribution < 1.29 is 0 Å². The van der Waals surface area contributed by atoms with Crippen molar-refractivity contribution in [3.05, 3.63) is 56.0 Å². The number of nitrogens with two attached hydrogens (primary N) is 1. The molecule has 0 bridgehead atoms. The van der Waals surface area contributed by atoms with E-state index in [0.29, 0.717) is 10.0 Å². The Kier molecular flexibility index (Phi) is 3.37. The molecule has 0 spiro atoms. The first-order valence-electron chi connectivity index (χ1n) is 5.82. The van der Waals surface area contributed by atoms with Gasteiger partial charge in [-0.2, -0.15) is 0 Å². The molecule has 0 amide bonds. The predicted octanol–water partition coefficient (Wildman–Crippen LogP) is 4.86. The lowest BCUT2D eigenvalue weighted by Crippen LogP contribution is -2.15. The summed E-state index contributed by atoms with van der Waals surface area (Å²) < 4.78 is 0.877. The van der Waals surface area contributed by atoms with Crippen molar-refractivity contribution in [2.75, 3.05) is 10.6 Å². The number of anilines is 2. The van der Waals surface area contributed by atoms with Crippen molar-refractivity contribution in [1.82, 2.24) is 0 Å². The van der Waals surface area contributed by atoms with Gasteiger partial charge in [-0.1, -0.05) is 51.3 Å². The molecule has 2 nitrogen and oxygen atoms in total. The van der Waals surface area contributed by atoms with Crippen LogP contribution in [0.3, 0.4) is 0 Å². The third kappa shape index (κ3) is 2.31. The molecule has 0 fully saturated rings. The fourth-order valence-electron chi connectivity index (χ4n) is 2.44. The topological polar surface area (TPSA) is 29.3 Å². The molecule has 1 heterocycles. The Balaban J connectivity index is 2.02. The molecule has 98 valence electrons. The van der Waals surface area contributed by atoms with Crippen LogP contribution in [0.15, 0.2) is 34.8 Å². The molecule has 0 saturated carbocycles. The summed E-state index contributed by atoms with van der Waals surface area (Å²) in [4.78, 5) is 2.15. The summed E-state index contributed by atoms with van der Waals surface area (Å²) in [5.41, 5.74) is 10.1. The average molecular weight is 358 g/mol. The minimum Gasteiger partial charge on any atom is -0.398 e. The summed E-state index contributed by atoms with van der Waals surface area (Å²) in [6, 6.07) is 9.70. The summed E-state index contributed by atoms with van der Waals surface area (Å²) in [6.07, 6.45) is 0. The van der Waals surface area contributed by atoms with Gasteiger partial charge in [-0.25, -0.2) is 0 Å². The number of hydrogen-bond acceptors (Lipinski definition) is 2. The Bertz CT molecular complexity index is 635. The van der Waals surface area contributed by atoms with Crippen molar-refractivity contribution >= 4 is 50.5 Å². The highest BCUT2D eigenvalue weighted by molar-refractivity contribution is 9.10. The maximum absolute atomic E-state index is 6.31. The summed E-state index contributed by atoms with van der Waals surface area (Å²) in [5, 5.41) is 1.29. The van der Waals surface area contributed by atoms with Crippen LogP contribution in [-0.4, -0.2) is 0 Å². The van der Waals surface area contributed by atoms with Gasteiger partial charge in [0.05, 0.1) is 15.7 Å². The molecule has 3 rings (SSSR count). The summed E-state index contributed by atoms with van der Waals surface area (Å²) >= 11 is 16.0. The second-order valence-electron chi connectivity index (χ2n) is 4.56. The standard InChI is InChI=1S/C14H11BrCl2N2/c15-9-4-11(16)14(12(17)5-9)19-6-8-2-1-3-13(18)10(8)7-19/h1-5H,6-7,18H2. The van der Waals surface area contributed by atoms with E-state index < -0.39 is 0 Å². The van der Waals surface area contributed by atoms with E-state index in [-0.39, 0.29) is 0 Å². The van der Waals surface area contributed by atoms with E-state index in [4.69, 9.17) is 28.9 Å². The Morgan fingerprint density at radius 1 is 1.11 bits per heavy atom. The zero-order valence-corrected chi connectivity index (χ0v) is 13.1. The molecular formula is C14H11BrCl2N2. The molecule has 0 saturated heterocycles. The second-order valence-corrected chi connectivity index (χ2v) is 6.29. The molecule has 5 heteroatoms. The highest BCUT2D eigenvalue weighted by Crippen LogP contribution is 2.41. The van der Waals surface area contributed by atoms with Crippen LogP contribution in [0.4, 0.5) is 11.4 Å². The summed E-state index contributed by atoms with van der Waals surface area (Å²) in [7, 11) is 0. The van der Waals surface area contributed by atoms with Crippen LogP contribution in [0.1, 0.15) is 11.1 Å². The number of fused-ring (bicyclic) bond motifs is 1. The predicted molar refractivity (Wildman–Crippen MR) is 84.9 cm³/mol. The quantitative estimate of drug-likeness (QED) is 0.738. The van der Waals surface area contributed by atoms with E-state index in [1.54, 1.807) is 0 Å². The van der Waals surface area contributed by atoms with Gasteiger partial charge in [0.2, 0.25) is 0 Å². The lowest BCUT2D eigenvalue weighted by molar-refractivity contribution is 0.881. The first-order chi connectivity index (χ1) is 9.06. The Labute approximate surface area is 130 Å². The van der Waals surface area contributed by atoms with Gasteiger partial charge in [-0.05, 0) is 29.3 Å². The molecule has 2 aromatic rings. The highest BCUT2D eigenvalue weighted by Gasteiger charge is 2.24. The molecular weight excluding hydrogens is 347 g/mol. The van der Waals surface area contributed by atoms with Crippen LogP contribution in [0.2, 0.25) is 10.0 Å². The van der Waals surface area contributed by atoms with Gasteiger partial charge in [0.1, 0.15) is 0 Å². The van der Waals surface area contributed by atoms with Gasteiger partial charge in [0, 0.05) is 23.2 Å². The van der Waals surface area contributed by atoms with Crippen molar-refractivity contribution in [2.45, 2.75) is 13.1 Å². The maximum atomic E-state index is 6.31. The maximum Gasteiger partial charge on any atom is 0.0751 e. The monoisotopic (exact) mass is 356 g/mol. The van der Waals surface area contributed by atoms with E-state index in [2.05, 4.69) is 26.9 Å². The smallest absolute Gasteiger partial charge is 0.0751 e. The summed E-state index contributed by atoms with van der Waals surface area (Å²) in [6.45, 7) is 1.52. The van der Waals surface area contributed by atoms with Crippen LogP contribution >= 0.6 is 39.1 Å². The molecule has 0 radical (unpaired) electrons. The van der Waals surface area contributed by atoms with Crippen LogP contribution in [0.25, 0.3) is 0 Å². The number of nitrogens with zero attached hydrogens (tertiary/aromatic N) is 1. The minimum atomic E-state index is 0.644. The third-order valence-electron chi connectivity index (χ3n) is 3.32. The van der Waals surface area contributed by atoms with E-state index in [9.17, 15) is 0 Å². The SMILES string of the molecule is Nc1cccc2c1CN(c1c(Cl)cc(Br)cc1Cl)C2. The molecule has 0 unspecified atom stereocenters. The Hall–Kier alpha value is -0.900. The first-order valence-corrected chi connectivity index (χ1v) is 7.37. The van der Waals surface area contributed by atoms with E-state index >= 15 is 0 Å². The first kappa shape index (κ1) is 13.1. The molecule has 2 N–H and O–H groups in total. The minimum absolute atomic E-state index is 0.644. The lowest BCUT2D eigenvalue weighted by atomic mass is 10.1. The molecule has 19 heavy (non-hydrogen) atoms. The van der Waals surface area contributed by atoms with Crippen LogP contribution < -0.4 is 10.6 Å². The average Bonchev–Trinajstić information content (AvgIpc) is 2.72. The largest absolute Gasteiger partial charge is 0.398 e. The van der Waals surface area contributed by atoms with Crippen LogP contribution in [-0.2, 0) is 13.1 Å². The molecule has 2 aromatic carbocycles. The van der Waals surface area contributed by atoms with Gasteiger partial charge in [0.15, 0.2) is 0 Å². The molecule has 0 aliphatic carbocycles. The third-order valence-corrected chi connectivity index (χ3v) is 4.35. The summed E-state index contributed by atoms with van der Waals surface area (Å²) in [5.74, 6) is 0. The zero-order valence-electron chi connectivity index (χ0n) is 9.96. The van der Waals surface area contributed by atoms with Gasteiger partial charge >= 0.3 is 0 Å². The highest BCUT2D eigenvalue weighted by atomic mass is 79.9. The van der Waals surface area contributed by atoms with Gasteiger partial charge in [0.25, 0.3) is 0 Å². The second kappa shape index (κ2) is 4.89. The van der Waals surface area contributed by atoms with Crippen molar-refractivity contribution in [1.29, 1.82) is 0 Å². The van der Waals surface area contributed by atoms with Crippen LogP contribution in [0.5, 0.6) is 0 Å². The molecule has 0 aromatic heterocycles. The Morgan fingerprint density at radius 3 is 2.42 bits per heavy atom. The van der Waals surface area contributed by atoms with Crippen molar-refractivity contribution in [3.8, 4) is 0 Å². The molecule has 1 aliphatic rings.